The van der Waals surface area contributed by atoms with E-state index in [0.29, 0.717) is 5.56 Å². The first-order valence-corrected chi connectivity index (χ1v) is 5.41. The third kappa shape index (κ3) is 2.71. The summed E-state index contributed by atoms with van der Waals surface area (Å²) in [5.74, 6) is -1.87. The van der Waals surface area contributed by atoms with Gasteiger partial charge < -0.3 is 20.5 Å². The summed E-state index contributed by atoms with van der Waals surface area (Å²) in [5.41, 5.74) is 6.06. The molecule has 7 heteroatoms. The van der Waals surface area contributed by atoms with Crippen LogP contribution in [0.1, 0.15) is 5.56 Å². The Morgan fingerprint density at radius 1 is 1.42 bits per heavy atom. The largest absolute Gasteiger partial charge is 0.491 e. The standard InChI is InChI=1S/C12H11FN2O4/c13-7-3-1-6(2-4-7)10-8(11(16)15-19-10)5-9(14)12(17)18/h1-4,9H,5,14H2,(H,15,16)(H,17,18). The van der Waals surface area contributed by atoms with Gasteiger partial charge in [-0.2, -0.15) is 0 Å². The van der Waals surface area contributed by atoms with Gasteiger partial charge in [-0.05, 0) is 29.4 Å². The quantitative estimate of drug-likeness (QED) is 0.765. The maximum Gasteiger partial charge on any atom is 0.320 e. The first-order valence-electron chi connectivity index (χ1n) is 5.41. The van der Waals surface area contributed by atoms with Crippen molar-refractivity contribution in [1.82, 2.24) is 5.16 Å². The number of benzene rings is 1. The second-order valence-corrected chi connectivity index (χ2v) is 3.97. The molecule has 0 aliphatic heterocycles. The lowest BCUT2D eigenvalue weighted by molar-refractivity contribution is -0.138. The third-order valence-corrected chi connectivity index (χ3v) is 2.62. The molecule has 2 aromatic rings. The fraction of sp³-hybridized carbons (Fsp3) is 0.167. The maximum atomic E-state index is 12.8. The third-order valence-electron chi connectivity index (χ3n) is 2.62. The van der Waals surface area contributed by atoms with E-state index in [1.54, 1.807) is 0 Å². The van der Waals surface area contributed by atoms with Crippen molar-refractivity contribution in [3.63, 3.8) is 0 Å². The number of halogens is 1. The zero-order valence-corrected chi connectivity index (χ0v) is 9.71. The first-order chi connectivity index (χ1) is 8.99. The molecular weight excluding hydrogens is 255 g/mol. The number of carboxylic acid groups (broad SMARTS) is 1. The van der Waals surface area contributed by atoms with Gasteiger partial charge >= 0.3 is 5.97 Å². The van der Waals surface area contributed by atoms with Crippen LogP contribution in [0.2, 0.25) is 0 Å². The highest BCUT2D eigenvalue weighted by Gasteiger charge is 2.22. The van der Waals surface area contributed by atoms with E-state index in [4.69, 9.17) is 15.4 Å². The number of nitrogens with zero attached hydrogens (tertiary/aromatic N) is 1. The lowest BCUT2D eigenvalue weighted by Crippen LogP contribution is -2.32. The van der Waals surface area contributed by atoms with Crippen molar-refractivity contribution in [2.75, 3.05) is 0 Å². The average Bonchev–Trinajstić information content (AvgIpc) is 2.72. The van der Waals surface area contributed by atoms with Crippen LogP contribution in [-0.4, -0.2) is 27.4 Å². The van der Waals surface area contributed by atoms with Crippen LogP contribution in [0.4, 0.5) is 4.39 Å². The smallest absolute Gasteiger partial charge is 0.320 e. The predicted molar refractivity (Wildman–Crippen MR) is 62.9 cm³/mol. The van der Waals surface area contributed by atoms with Gasteiger partial charge in [0.25, 0.3) is 5.88 Å². The molecule has 1 aromatic heterocycles. The lowest BCUT2D eigenvalue weighted by atomic mass is 10.0. The molecule has 6 nitrogen and oxygen atoms in total. The molecular formula is C12H11FN2O4. The van der Waals surface area contributed by atoms with Crippen molar-refractivity contribution in [2.24, 2.45) is 5.73 Å². The van der Waals surface area contributed by atoms with Crippen molar-refractivity contribution in [1.29, 1.82) is 0 Å². The summed E-state index contributed by atoms with van der Waals surface area (Å²) in [5, 5.41) is 21.7. The molecule has 4 N–H and O–H groups in total. The van der Waals surface area contributed by atoms with Crippen LogP contribution >= 0.6 is 0 Å². The Hall–Kier alpha value is -2.41. The SMILES string of the molecule is NC(Cc1c(O)noc1-c1ccc(F)cc1)C(=O)O. The van der Waals surface area contributed by atoms with Crippen LogP contribution in [0.5, 0.6) is 5.88 Å². The Morgan fingerprint density at radius 2 is 2.05 bits per heavy atom. The van der Waals surface area contributed by atoms with E-state index in [1.165, 1.54) is 24.3 Å². The Morgan fingerprint density at radius 3 is 2.63 bits per heavy atom. The first kappa shape index (κ1) is 13.0. The molecule has 1 unspecified atom stereocenters. The van der Waals surface area contributed by atoms with Gasteiger partial charge in [0.1, 0.15) is 11.9 Å². The summed E-state index contributed by atoms with van der Waals surface area (Å²) in [4.78, 5) is 10.7. The molecule has 0 saturated carbocycles. The fourth-order valence-electron chi connectivity index (χ4n) is 1.62. The minimum absolute atomic E-state index is 0.141. The van der Waals surface area contributed by atoms with Crippen molar-refractivity contribution in [3.05, 3.63) is 35.6 Å². The number of aromatic hydroxyl groups is 1. The molecule has 1 aromatic carbocycles. The summed E-state index contributed by atoms with van der Waals surface area (Å²) in [6.07, 6.45) is -0.141. The number of aromatic nitrogens is 1. The number of nitrogens with two attached hydrogens (primary N) is 1. The van der Waals surface area contributed by atoms with Crippen LogP contribution in [-0.2, 0) is 11.2 Å². The Bertz CT molecular complexity index is 594. The molecule has 0 radical (unpaired) electrons. The number of carboxylic acids is 1. The minimum Gasteiger partial charge on any atom is -0.491 e. The topological polar surface area (TPSA) is 110 Å². The Kier molecular flexibility index (Phi) is 3.48. The maximum absolute atomic E-state index is 12.8. The fourth-order valence-corrected chi connectivity index (χ4v) is 1.62. The van der Waals surface area contributed by atoms with Crippen LogP contribution in [0, 0.1) is 5.82 Å². The van der Waals surface area contributed by atoms with E-state index in [-0.39, 0.29) is 17.7 Å². The molecule has 0 amide bonds. The average molecular weight is 266 g/mol. The highest BCUT2D eigenvalue weighted by molar-refractivity contribution is 5.74. The number of aliphatic carboxylic acids is 1. The zero-order valence-electron chi connectivity index (χ0n) is 9.71. The number of rotatable bonds is 4. The van der Waals surface area contributed by atoms with E-state index in [2.05, 4.69) is 5.16 Å². The molecule has 0 aliphatic carbocycles. The van der Waals surface area contributed by atoms with Gasteiger partial charge in [-0.3, -0.25) is 4.79 Å². The second kappa shape index (κ2) is 5.07. The number of hydrogen-bond acceptors (Lipinski definition) is 5. The van der Waals surface area contributed by atoms with Gasteiger partial charge in [-0.15, -0.1) is 0 Å². The molecule has 0 fully saturated rings. The van der Waals surface area contributed by atoms with Gasteiger partial charge in [-0.25, -0.2) is 4.39 Å². The number of carbonyl (C=O) groups is 1. The van der Waals surface area contributed by atoms with Crippen molar-refractivity contribution < 1.29 is 23.9 Å². The molecule has 2 rings (SSSR count). The molecule has 0 aliphatic rings. The van der Waals surface area contributed by atoms with Gasteiger partial charge in [0.2, 0.25) is 0 Å². The Balaban J connectivity index is 2.37. The molecule has 100 valence electrons. The normalized spacial score (nSPS) is 12.3. The van der Waals surface area contributed by atoms with Crippen molar-refractivity contribution in [2.45, 2.75) is 12.5 Å². The van der Waals surface area contributed by atoms with Crippen molar-refractivity contribution in [3.8, 4) is 17.2 Å². The highest BCUT2D eigenvalue weighted by atomic mass is 19.1. The van der Waals surface area contributed by atoms with Gasteiger partial charge in [0.05, 0.1) is 5.56 Å². The van der Waals surface area contributed by atoms with Crippen molar-refractivity contribution >= 4 is 5.97 Å². The summed E-state index contributed by atoms with van der Waals surface area (Å²) in [7, 11) is 0. The summed E-state index contributed by atoms with van der Waals surface area (Å²) in [6.45, 7) is 0. The lowest BCUT2D eigenvalue weighted by Gasteiger charge is -2.06. The zero-order chi connectivity index (χ0) is 14.0. The van der Waals surface area contributed by atoms with E-state index in [9.17, 15) is 14.3 Å². The second-order valence-electron chi connectivity index (χ2n) is 3.97. The summed E-state index contributed by atoms with van der Waals surface area (Å²) in [6, 6.07) is 4.12. The molecule has 19 heavy (non-hydrogen) atoms. The van der Waals surface area contributed by atoms with Crippen LogP contribution in [0.15, 0.2) is 28.8 Å². The van der Waals surface area contributed by atoms with Crippen LogP contribution in [0.25, 0.3) is 11.3 Å². The molecule has 0 saturated heterocycles. The van der Waals surface area contributed by atoms with E-state index in [1.807, 2.05) is 0 Å². The molecule has 1 atom stereocenters. The van der Waals surface area contributed by atoms with Crippen LogP contribution in [0.3, 0.4) is 0 Å². The van der Waals surface area contributed by atoms with E-state index >= 15 is 0 Å². The van der Waals surface area contributed by atoms with Gasteiger partial charge in [-0.1, -0.05) is 0 Å². The summed E-state index contributed by atoms with van der Waals surface area (Å²) >= 11 is 0. The number of hydrogen-bond donors (Lipinski definition) is 3. The summed E-state index contributed by atoms with van der Waals surface area (Å²) < 4.78 is 17.8. The van der Waals surface area contributed by atoms with E-state index in [0.717, 1.165) is 0 Å². The molecule has 1 heterocycles. The van der Waals surface area contributed by atoms with E-state index < -0.39 is 23.7 Å². The van der Waals surface area contributed by atoms with Crippen LogP contribution < -0.4 is 5.73 Å². The molecule has 0 spiro atoms. The van der Waals surface area contributed by atoms with Gasteiger partial charge in [0.15, 0.2) is 5.76 Å². The monoisotopic (exact) mass is 266 g/mol. The highest BCUT2D eigenvalue weighted by Crippen LogP contribution is 2.30. The predicted octanol–water partition coefficient (Wildman–Crippen LogP) is 1.14. The van der Waals surface area contributed by atoms with Gasteiger partial charge in [0, 0.05) is 12.0 Å². The Labute approximate surface area is 107 Å². The minimum atomic E-state index is -1.20. The molecule has 0 bridgehead atoms.